The number of carbonyl (C=O) groups excluding carboxylic acids is 2. The van der Waals surface area contributed by atoms with E-state index in [4.69, 9.17) is 38.2 Å². The van der Waals surface area contributed by atoms with Crippen molar-refractivity contribution in [2.75, 3.05) is 13.2 Å². The molecule has 12 nitrogen and oxygen atoms in total. The molecule has 1 aromatic carbocycles. The summed E-state index contributed by atoms with van der Waals surface area (Å²) in [6.45, 7) is 13.9. The molecule has 5 aromatic heterocycles. The third-order valence-electron chi connectivity index (χ3n) is 14.9. The summed E-state index contributed by atoms with van der Waals surface area (Å²) < 4.78 is 21.3. The van der Waals surface area contributed by atoms with Gasteiger partial charge in [-0.2, -0.15) is 19.3 Å². The van der Waals surface area contributed by atoms with E-state index in [0.717, 1.165) is 251 Å². The minimum atomic E-state index is -0.585. The van der Waals surface area contributed by atoms with Crippen LogP contribution in [0.4, 0.5) is 0 Å². The van der Waals surface area contributed by atoms with Gasteiger partial charge in [0.1, 0.15) is 34.3 Å². The minimum Gasteiger partial charge on any atom is -0.462 e. The van der Waals surface area contributed by atoms with Gasteiger partial charge in [-0.15, -0.1) is 45.3 Å². The Morgan fingerprint density at radius 2 is 0.723 bits per heavy atom. The maximum absolute atomic E-state index is 13.3. The molecule has 0 saturated heterocycles. The number of fused-ring (bicyclic) bond motifs is 1. The van der Waals surface area contributed by atoms with Gasteiger partial charge in [0.2, 0.25) is 0 Å². The second-order valence-corrected chi connectivity index (χ2v) is 26.3. The van der Waals surface area contributed by atoms with E-state index in [0.29, 0.717) is 13.2 Å². The number of unbranched alkanes of at least 4 members (excludes halogenated alkanes) is 22. The molecule has 0 aliphatic rings. The number of hydrogen-bond donors (Lipinski definition) is 0. The smallest absolute Gasteiger partial charge is 0.348 e. The van der Waals surface area contributed by atoms with Gasteiger partial charge in [-0.25, -0.2) is 29.5 Å². The van der Waals surface area contributed by atoms with Crippen molar-refractivity contribution in [3.8, 4) is 53.1 Å². The van der Waals surface area contributed by atoms with Crippen molar-refractivity contribution in [1.82, 2.24) is 28.7 Å². The third kappa shape index (κ3) is 20.9. The highest BCUT2D eigenvalue weighted by Gasteiger charge is 2.26. The quantitative estimate of drug-likeness (QED) is 0.0154. The molecule has 83 heavy (non-hydrogen) atoms. The zero-order valence-electron chi connectivity index (χ0n) is 50.6. The number of benzene rings is 1. The molecule has 0 radical (unpaired) electrons. The van der Waals surface area contributed by atoms with Crippen molar-refractivity contribution in [2.45, 2.75) is 247 Å². The molecule has 5 heterocycles. The van der Waals surface area contributed by atoms with Crippen molar-refractivity contribution in [2.24, 2.45) is 0 Å². The Bertz CT molecular complexity index is 2870. The molecule has 0 fully saturated rings. The van der Waals surface area contributed by atoms with Gasteiger partial charge in [0.15, 0.2) is 20.0 Å². The Labute approximate surface area is 516 Å². The van der Waals surface area contributed by atoms with Gasteiger partial charge in [-0.3, -0.25) is 0 Å². The Balaban J connectivity index is 1.37. The number of nitriles is 2. The van der Waals surface area contributed by atoms with Crippen molar-refractivity contribution in [3.05, 3.63) is 55.8 Å². The zero-order chi connectivity index (χ0) is 59.0. The summed E-state index contributed by atoms with van der Waals surface area (Å²) >= 11 is 7.45. The summed E-state index contributed by atoms with van der Waals surface area (Å²) in [6.07, 6.45) is 36.8. The molecule has 17 heteroatoms. The lowest BCUT2D eigenvalue weighted by atomic mass is 10.0. The van der Waals surface area contributed by atoms with E-state index in [1.54, 1.807) is 34.8 Å². The Morgan fingerprint density at radius 3 is 1.07 bits per heavy atom. The highest BCUT2D eigenvalue weighted by atomic mass is 32.1. The van der Waals surface area contributed by atoms with Crippen LogP contribution in [-0.2, 0) is 44.7 Å². The Morgan fingerprint density at radius 1 is 0.422 bits per heavy atom. The van der Waals surface area contributed by atoms with E-state index in [9.17, 15) is 20.1 Å². The molecule has 0 saturated carbocycles. The van der Waals surface area contributed by atoms with Crippen LogP contribution in [-0.4, -0.2) is 53.8 Å². The number of thiazole rings is 4. The fourth-order valence-corrected chi connectivity index (χ4v) is 15.0. The summed E-state index contributed by atoms with van der Waals surface area (Å²) in [6, 6.07) is 8.66. The second kappa shape index (κ2) is 38.1. The predicted molar refractivity (Wildman–Crippen MR) is 349 cm³/mol. The minimum absolute atomic E-state index is 0.00811. The fraction of sp³-hybridized carbons (Fsp3) is 0.606. The summed E-state index contributed by atoms with van der Waals surface area (Å²) in [5.41, 5.74) is 7.38. The molecule has 0 amide bonds. The number of hydrogen-bond acceptors (Lipinski definition) is 17. The van der Waals surface area contributed by atoms with Gasteiger partial charge in [0.25, 0.3) is 0 Å². The molecule has 448 valence electrons. The predicted octanol–water partition coefficient (Wildman–Crippen LogP) is 20.3. The van der Waals surface area contributed by atoms with Crippen molar-refractivity contribution in [3.63, 3.8) is 0 Å². The molecular formula is C66H90N8O4S5. The highest BCUT2D eigenvalue weighted by molar-refractivity contribution is 7.24. The fourth-order valence-electron chi connectivity index (χ4n) is 10.0. The molecule has 0 unspecified atom stereocenters. The van der Waals surface area contributed by atoms with Crippen LogP contribution in [0.25, 0.3) is 64.1 Å². The highest BCUT2D eigenvalue weighted by Crippen LogP contribution is 2.46. The van der Waals surface area contributed by atoms with E-state index in [1.807, 2.05) is 0 Å². The zero-order valence-corrected chi connectivity index (χ0v) is 54.7. The van der Waals surface area contributed by atoms with Gasteiger partial charge in [0, 0.05) is 11.1 Å². The monoisotopic (exact) mass is 1220 g/mol. The van der Waals surface area contributed by atoms with Crippen LogP contribution in [0.1, 0.15) is 254 Å². The first-order valence-electron chi connectivity index (χ1n) is 31.5. The average Bonchev–Trinajstić information content (AvgIpc) is 3.33. The van der Waals surface area contributed by atoms with Crippen LogP contribution in [0.2, 0.25) is 0 Å². The molecule has 0 atom stereocenters. The van der Waals surface area contributed by atoms with E-state index < -0.39 is 11.9 Å². The molecular weight excluding hydrogens is 1130 g/mol. The third-order valence-corrected chi connectivity index (χ3v) is 20.0. The number of aromatic nitrogens is 6. The number of aryl methyl sites for hydroxylation is 4. The topological polar surface area (TPSA) is 178 Å². The normalized spacial score (nSPS) is 11.9. The van der Waals surface area contributed by atoms with Crippen LogP contribution in [0.15, 0.2) is 23.3 Å². The van der Waals surface area contributed by atoms with Gasteiger partial charge >= 0.3 is 11.9 Å². The van der Waals surface area contributed by atoms with Crippen molar-refractivity contribution < 1.29 is 19.1 Å². The molecule has 0 bridgehead atoms. The van der Waals surface area contributed by atoms with Crippen LogP contribution in [0.5, 0.6) is 0 Å². The molecule has 6 aromatic rings. The number of carbonyl (C=O) groups is 2. The van der Waals surface area contributed by atoms with E-state index in [2.05, 4.69) is 65.8 Å². The first kappa shape index (κ1) is 67.1. The standard InChI is InChI=1S/C66H90N8O4S5/c1-7-13-19-25-27-33-41-77-65(75)47(45-67)43-55-51(35-29-21-15-9-3)69-61(79-55)63-71-53(37-31-23-17-11-5)59(81-63)49-39-40-50(58-57(49)73-83-74-58)60-54(38-32-24-18-12-6)72-64(82-60)62-70-52(36-30-22-16-10-4)56(80-62)44-48(46-68)66(76)78-42-34-28-26-20-14-8-2/h39-40,43-44H,7-38,41-42H2,1-6H3/b47-43-,48-44+. The maximum atomic E-state index is 13.3. The van der Waals surface area contributed by atoms with Crippen molar-refractivity contribution >= 4 is 92.2 Å². The molecule has 0 aliphatic carbocycles. The summed E-state index contributed by atoms with van der Waals surface area (Å²) in [4.78, 5) is 51.6. The lowest BCUT2D eigenvalue weighted by molar-refractivity contribution is -0.139. The lowest BCUT2D eigenvalue weighted by Crippen LogP contribution is -2.08. The first-order chi connectivity index (χ1) is 40.7. The van der Waals surface area contributed by atoms with E-state index >= 15 is 0 Å². The largest absolute Gasteiger partial charge is 0.462 e. The van der Waals surface area contributed by atoms with Gasteiger partial charge in [-0.1, -0.05) is 195 Å². The SMILES string of the molecule is CCCCCCCCOC(=O)/C(C#N)=C\c1sc(-c2nc(CCCCCC)c(-c3ccc(-c4sc(-c5nc(CCCCCC)c(/C=C(\C#N)C(=O)OCCCCCCCC)s5)nc4CCCCCC)c4nsnc34)s2)nc1CCCCCC. The number of nitrogens with zero attached hydrogens (tertiary/aromatic N) is 8. The molecule has 0 N–H and O–H groups in total. The van der Waals surface area contributed by atoms with Gasteiger partial charge in [0.05, 0.1) is 67.2 Å². The summed E-state index contributed by atoms with van der Waals surface area (Å²) in [5, 5.41) is 23.7. The van der Waals surface area contributed by atoms with E-state index in [-0.39, 0.29) is 11.1 Å². The Kier molecular flexibility index (Phi) is 30.8. The number of esters is 2. The lowest BCUT2D eigenvalue weighted by Gasteiger charge is -2.07. The maximum Gasteiger partial charge on any atom is 0.348 e. The second-order valence-electron chi connectivity index (χ2n) is 21.8. The van der Waals surface area contributed by atoms with Crippen LogP contribution >= 0.6 is 57.1 Å². The molecule has 0 spiro atoms. The number of ether oxygens (including phenoxy) is 2. The first-order valence-corrected chi connectivity index (χ1v) is 35.5. The van der Waals surface area contributed by atoms with Crippen molar-refractivity contribution in [1.29, 1.82) is 10.5 Å². The van der Waals surface area contributed by atoms with Crippen LogP contribution in [0, 0.1) is 22.7 Å². The van der Waals surface area contributed by atoms with E-state index in [1.165, 1.54) is 72.9 Å². The number of rotatable bonds is 42. The summed E-state index contributed by atoms with van der Waals surface area (Å²) in [5.74, 6) is -1.17. The average molecular weight is 1220 g/mol. The van der Waals surface area contributed by atoms with Gasteiger partial charge < -0.3 is 9.47 Å². The molecule has 6 rings (SSSR count). The van der Waals surface area contributed by atoms with Crippen LogP contribution < -0.4 is 0 Å². The Hall–Kier alpha value is -5.04. The van der Waals surface area contributed by atoms with Crippen LogP contribution in [0.3, 0.4) is 0 Å². The molecule has 0 aliphatic heterocycles. The summed E-state index contributed by atoms with van der Waals surface area (Å²) in [7, 11) is 0. The van der Waals surface area contributed by atoms with Gasteiger partial charge in [-0.05, 0) is 76.4 Å².